The van der Waals surface area contributed by atoms with Crippen LogP contribution in [0.2, 0.25) is 5.02 Å². The van der Waals surface area contributed by atoms with Crippen molar-refractivity contribution in [3.05, 3.63) is 58.8 Å². The minimum absolute atomic E-state index is 0.0176. The van der Waals surface area contributed by atoms with Gasteiger partial charge >= 0.3 is 0 Å². The number of halogens is 2. The van der Waals surface area contributed by atoms with E-state index in [0.717, 1.165) is 30.4 Å². The summed E-state index contributed by atoms with van der Waals surface area (Å²) in [5.41, 5.74) is 0.227. The minimum atomic E-state index is -0.460. The Hall–Kier alpha value is -1.50. The molecule has 1 aromatic heterocycles. The van der Waals surface area contributed by atoms with Crippen LogP contribution in [0.4, 0.5) is 4.39 Å². The summed E-state index contributed by atoms with van der Waals surface area (Å²) < 4.78 is 19.4. The van der Waals surface area contributed by atoms with Gasteiger partial charge in [-0.15, -0.1) is 0 Å². The molecule has 0 saturated carbocycles. The van der Waals surface area contributed by atoms with Crippen molar-refractivity contribution in [1.29, 1.82) is 0 Å². The largest absolute Gasteiger partial charge is 0.468 e. The van der Waals surface area contributed by atoms with Crippen LogP contribution in [0.25, 0.3) is 0 Å². The van der Waals surface area contributed by atoms with Crippen molar-refractivity contribution in [3.8, 4) is 0 Å². The Kier molecular flexibility index (Phi) is 6.39. The number of thioether (sulfide) groups is 1. The highest BCUT2D eigenvalue weighted by Gasteiger charge is 2.25. The number of benzene rings is 1. The van der Waals surface area contributed by atoms with E-state index in [4.69, 9.17) is 16.0 Å². The Balaban J connectivity index is 1.63. The van der Waals surface area contributed by atoms with Crippen LogP contribution in [0.1, 0.15) is 17.4 Å². The highest BCUT2D eigenvalue weighted by molar-refractivity contribution is 7.99. The SMILES string of the molecule is O=C(Cc1c(F)cccc1Cl)NC[C@@H](c1ccco1)N1CCSCC1. The zero-order valence-electron chi connectivity index (χ0n) is 13.7. The van der Waals surface area contributed by atoms with Gasteiger partial charge in [0.05, 0.1) is 18.7 Å². The van der Waals surface area contributed by atoms with Gasteiger partial charge in [-0.2, -0.15) is 11.8 Å². The fourth-order valence-corrected chi connectivity index (χ4v) is 4.08. The van der Waals surface area contributed by atoms with Gasteiger partial charge in [-0.05, 0) is 24.3 Å². The molecule has 1 aliphatic heterocycles. The summed E-state index contributed by atoms with van der Waals surface area (Å²) >= 11 is 7.92. The van der Waals surface area contributed by atoms with Crippen molar-refractivity contribution in [3.63, 3.8) is 0 Å². The molecule has 4 nitrogen and oxygen atoms in total. The lowest BCUT2D eigenvalue weighted by atomic mass is 10.1. The summed E-state index contributed by atoms with van der Waals surface area (Å²) in [5, 5.41) is 3.17. The number of amides is 1. The molecule has 2 aromatic rings. The first-order chi connectivity index (χ1) is 12.1. The number of carbonyl (C=O) groups is 1. The Bertz CT molecular complexity index is 685. The summed E-state index contributed by atoms with van der Waals surface area (Å²) in [4.78, 5) is 14.6. The molecule has 1 amide bonds. The summed E-state index contributed by atoms with van der Waals surface area (Å²) in [6, 6.07) is 8.18. The summed E-state index contributed by atoms with van der Waals surface area (Å²) in [6.45, 7) is 2.32. The molecule has 0 bridgehead atoms. The van der Waals surface area contributed by atoms with E-state index in [0.29, 0.717) is 6.54 Å². The Morgan fingerprint density at radius 3 is 2.80 bits per heavy atom. The number of rotatable bonds is 6. The van der Waals surface area contributed by atoms with Gasteiger partial charge in [0.25, 0.3) is 0 Å². The number of hydrogen-bond donors (Lipinski definition) is 1. The second-order valence-corrected chi connectivity index (χ2v) is 7.49. The number of carbonyl (C=O) groups excluding carboxylic acids is 1. The second kappa shape index (κ2) is 8.74. The standard InChI is InChI=1S/C18H20ClFN2O2S/c19-14-3-1-4-15(20)13(14)11-18(23)21-12-16(17-5-2-8-24-17)22-6-9-25-10-7-22/h1-5,8,16H,6-7,9-12H2,(H,21,23)/t16-/m0/s1. The van der Waals surface area contributed by atoms with Crippen LogP contribution in [0, 0.1) is 5.82 Å². The average Bonchev–Trinajstić information content (AvgIpc) is 3.14. The highest BCUT2D eigenvalue weighted by atomic mass is 35.5. The second-order valence-electron chi connectivity index (χ2n) is 5.86. The summed E-state index contributed by atoms with van der Waals surface area (Å²) in [6.07, 6.45) is 1.56. The van der Waals surface area contributed by atoms with Crippen LogP contribution in [-0.2, 0) is 11.2 Å². The molecule has 2 heterocycles. The van der Waals surface area contributed by atoms with Crippen molar-refractivity contribution >= 4 is 29.3 Å². The van der Waals surface area contributed by atoms with E-state index in [2.05, 4.69) is 10.2 Å². The predicted molar refractivity (Wildman–Crippen MR) is 98.5 cm³/mol. The van der Waals surface area contributed by atoms with Gasteiger partial charge in [-0.3, -0.25) is 9.69 Å². The third-order valence-corrected chi connectivity index (χ3v) is 5.55. The maximum absolute atomic E-state index is 13.8. The molecule has 0 unspecified atom stereocenters. The topological polar surface area (TPSA) is 45.5 Å². The third kappa shape index (κ3) is 4.77. The third-order valence-electron chi connectivity index (χ3n) is 4.25. The van der Waals surface area contributed by atoms with E-state index in [9.17, 15) is 9.18 Å². The van der Waals surface area contributed by atoms with Crippen molar-refractivity contribution in [2.75, 3.05) is 31.1 Å². The Labute approximate surface area is 155 Å². The zero-order valence-corrected chi connectivity index (χ0v) is 15.3. The molecule has 1 saturated heterocycles. The Morgan fingerprint density at radius 1 is 1.32 bits per heavy atom. The van der Waals surface area contributed by atoms with Crippen LogP contribution < -0.4 is 5.32 Å². The molecule has 1 aromatic carbocycles. The van der Waals surface area contributed by atoms with Crippen molar-refractivity contribution in [1.82, 2.24) is 10.2 Å². The summed E-state index contributed by atoms with van der Waals surface area (Å²) in [7, 11) is 0. The Morgan fingerprint density at radius 2 is 2.12 bits per heavy atom. The van der Waals surface area contributed by atoms with E-state index < -0.39 is 5.82 Å². The fourth-order valence-electron chi connectivity index (χ4n) is 2.91. The van der Waals surface area contributed by atoms with Crippen molar-refractivity contribution in [2.45, 2.75) is 12.5 Å². The first kappa shape index (κ1) is 18.3. The van der Waals surface area contributed by atoms with Crippen LogP contribution in [0.5, 0.6) is 0 Å². The molecule has 1 fully saturated rings. The maximum atomic E-state index is 13.8. The number of nitrogens with one attached hydrogen (secondary N) is 1. The van der Waals surface area contributed by atoms with Gasteiger partial charge in [-0.1, -0.05) is 17.7 Å². The number of nitrogens with zero attached hydrogens (tertiary/aromatic N) is 1. The van der Waals surface area contributed by atoms with Crippen LogP contribution in [0.15, 0.2) is 41.0 Å². The molecule has 1 N–H and O–H groups in total. The quantitative estimate of drug-likeness (QED) is 0.830. The van der Waals surface area contributed by atoms with Gasteiger partial charge in [0.1, 0.15) is 11.6 Å². The molecule has 1 atom stereocenters. The van der Waals surface area contributed by atoms with Crippen LogP contribution >= 0.6 is 23.4 Å². The highest BCUT2D eigenvalue weighted by Crippen LogP contribution is 2.24. The predicted octanol–water partition coefficient (Wildman–Crippen LogP) is 3.52. The monoisotopic (exact) mass is 382 g/mol. The minimum Gasteiger partial charge on any atom is -0.468 e. The number of furan rings is 1. The average molecular weight is 383 g/mol. The van der Waals surface area contributed by atoms with Crippen molar-refractivity contribution < 1.29 is 13.6 Å². The van der Waals surface area contributed by atoms with E-state index in [1.54, 1.807) is 12.3 Å². The zero-order chi connectivity index (χ0) is 17.6. The lowest BCUT2D eigenvalue weighted by Crippen LogP contribution is -2.42. The molecule has 0 spiro atoms. The maximum Gasteiger partial charge on any atom is 0.224 e. The summed E-state index contributed by atoms with van der Waals surface area (Å²) in [5.74, 6) is 2.25. The van der Waals surface area contributed by atoms with E-state index in [1.807, 2.05) is 23.9 Å². The number of hydrogen-bond acceptors (Lipinski definition) is 4. The smallest absolute Gasteiger partial charge is 0.224 e. The van der Waals surface area contributed by atoms with Gasteiger partial charge in [0, 0.05) is 41.7 Å². The molecule has 0 radical (unpaired) electrons. The lowest BCUT2D eigenvalue weighted by Gasteiger charge is -2.33. The van der Waals surface area contributed by atoms with Gasteiger partial charge in [0.2, 0.25) is 5.91 Å². The molecular formula is C18H20ClFN2O2S. The van der Waals surface area contributed by atoms with Gasteiger partial charge in [0.15, 0.2) is 0 Å². The van der Waals surface area contributed by atoms with Crippen LogP contribution in [-0.4, -0.2) is 41.9 Å². The molecule has 7 heteroatoms. The molecule has 3 rings (SSSR count). The molecule has 1 aliphatic rings. The molecular weight excluding hydrogens is 363 g/mol. The lowest BCUT2D eigenvalue weighted by molar-refractivity contribution is -0.120. The molecule has 134 valence electrons. The first-order valence-corrected chi connectivity index (χ1v) is 9.73. The normalized spacial score (nSPS) is 16.6. The first-order valence-electron chi connectivity index (χ1n) is 8.20. The van der Waals surface area contributed by atoms with Gasteiger partial charge < -0.3 is 9.73 Å². The van der Waals surface area contributed by atoms with Crippen LogP contribution in [0.3, 0.4) is 0 Å². The van der Waals surface area contributed by atoms with Crippen molar-refractivity contribution in [2.24, 2.45) is 0 Å². The fraction of sp³-hybridized carbons (Fsp3) is 0.389. The van der Waals surface area contributed by atoms with E-state index in [1.165, 1.54) is 12.1 Å². The van der Waals surface area contributed by atoms with E-state index in [-0.39, 0.29) is 29.0 Å². The van der Waals surface area contributed by atoms with Gasteiger partial charge in [-0.25, -0.2) is 4.39 Å². The molecule has 0 aliphatic carbocycles. The van der Waals surface area contributed by atoms with E-state index >= 15 is 0 Å². The molecule has 25 heavy (non-hydrogen) atoms.